The highest BCUT2D eigenvalue weighted by Gasteiger charge is 2.14. The van der Waals surface area contributed by atoms with Crippen LogP contribution in [0.1, 0.15) is 23.7 Å². The second kappa shape index (κ2) is 5.84. The third-order valence-corrected chi connectivity index (χ3v) is 2.72. The van der Waals surface area contributed by atoms with Gasteiger partial charge in [-0.25, -0.2) is 0 Å². The topological polar surface area (TPSA) is 53.2 Å². The van der Waals surface area contributed by atoms with E-state index in [1.54, 1.807) is 11.9 Å². The van der Waals surface area contributed by atoms with E-state index in [2.05, 4.69) is 20.9 Å². The van der Waals surface area contributed by atoms with Crippen LogP contribution < -0.4 is 5.43 Å². The molecule has 0 radical (unpaired) electrons. The fourth-order valence-electron chi connectivity index (χ4n) is 1.26. The van der Waals surface area contributed by atoms with E-state index in [1.807, 2.05) is 6.92 Å². The van der Waals surface area contributed by atoms with Crippen LogP contribution in [0.25, 0.3) is 0 Å². The van der Waals surface area contributed by atoms with Gasteiger partial charge in [0.1, 0.15) is 5.56 Å². The molecule has 88 valence electrons. The number of carbonyl (C=O) groups excluding carboxylic acids is 1. The summed E-state index contributed by atoms with van der Waals surface area (Å²) in [4.78, 5) is 28.0. The molecule has 1 aromatic rings. The molecule has 1 N–H and O–H groups in total. The zero-order valence-electron chi connectivity index (χ0n) is 9.37. The van der Waals surface area contributed by atoms with Gasteiger partial charge in [0, 0.05) is 36.9 Å². The molecule has 16 heavy (non-hydrogen) atoms. The summed E-state index contributed by atoms with van der Waals surface area (Å²) in [6, 6.07) is 1.36. The number of aromatic nitrogens is 1. The average molecular weight is 287 g/mol. The van der Waals surface area contributed by atoms with Crippen molar-refractivity contribution in [2.45, 2.75) is 18.2 Å². The van der Waals surface area contributed by atoms with Crippen LogP contribution >= 0.6 is 15.9 Å². The van der Waals surface area contributed by atoms with Crippen LogP contribution in [0.15, 0.2) is 23.3 Å². The number of nitrogens with one attached hydrogen (secondary N) is 1. The van der Waals surface area contributed by atoms with Crippen LogP contribution in [0.2, 0.25) is 0 Å². The molecule has 0 bridgehead atoms. The van der Waals surface area contributed by atoms with Crippen molar-refractivity contribution in [3.63, 3.8) is 0 Å². The second-order valence-corrected chi connectivity index (χ2v) is 5.28. The number of halogens is 1. The molecule has 1 heterocycles. The summed E-state index contributed by atoms with van der Waals surface area (Å²) in [5.74, 6) is -0.241. The lowest BCUT2D eigenvalue weighted by Gasteiger charge is -2.17. The monoisotopic (exact) mass is 286 g/mol. The van der Waals surface area contributed by atoms with Crippen molar-refractivity contribution in [2.24, 2.45) is 0 Å². The summed E-state index contributed by atoms with van der Waals surface area (Å²) >= 11 is 3.42. The van der Waals surface area contributed by atoms with Gasteiger partial charge in [-0.15, -0.1) is 0 Å². The van der Waals surface area contributed by atoms with E-state index < -0.39 is 0 Å². The average Bonchev–Trinajstić information content (AvgIpc) is 2.25. The van der Waals surface area contributed by atoms with Crippen LogP contribution in [-0.2, 0) is 0 Å². The van der Waals surface area contributed by atoms with Crippen LogP contribution in [0.4, 0.5) is 0 Å². The molecule has 1 aromatic heterocycles. The molecule has 1 unspecified atom stereocenters. The van der Waals surface area contributed by atoms with E-state index in [1.165, 1.54) is 18.5 Å². The lowest BCUT2D eigenvalue weighted by molar-refractivity contribution is 0.0792. The number of amides is 1. The quantitative estimate of drug-likeness (QED) is 0.856. The Labute approximate surface area is 103 Å². The number of carbonyl (C=O) groups is 1. The first-order chi connectivity index (χ1) is 7.52. The zero-order valence-corrected chi connectivity index (χ0v) is 11.0. The first-order valence-corrected chi connectivity index (χ1v) is 6.00. The van der Waals surface area contributed by atoms with Gasteiger partial charge >= 0.3 is 0 Å². The highest BCUT2D eigenvalue weighted by Crippen LogP contribution is 2.05. The summed E-state index contributed by atoms with van der Waals surface area (Å²) in [6.45, 7) is 2.65. The van der Waals surface area contributed by atoms with Gasteiger partial charge in [-0.2, -0.15) is 0 Å². The highest BCUT2D eigenvalue weighted by atomic mass is 79.9. The molecule has 0 aliphatic rings. The second-order valence-electron chi connectivity index (χ2n) is 3.72. The number of H-pyrrole nitrogens is 1. The van der Waals surface area contributed by atoms with Gasteiger partial charge in [-0.3, -0.25) is 9.59 Å². The minimum atomic E-state index is -0.248. The summed E-state index contributed by atoms with van der Waals surface area (Å²) < 4.78 is 0. The largest absolute Gasteiger partial charge is 0.367 e. The smallest absolute Gasteiger partial charge is 0.259 e. The van der Waals surface area contributed by atoms with Gasteiger partial charge in [0.05, 0.1) is 0 Å². The molecule has 1 amide bonds. The number of alkyl halides is 1. The van der Waals surface area contributed by atoms with Crippen molar-refractivity contribution >= 4 is 21.8 Å². The van der Waals surface area contributed by atoms with Crippen molar-refractivity contribution in [1.29, 1.82) is 0 Å². The maximum atomic E-state index is 11.9. The SMILES string of the molecule is CC(Br)CCN(C)C(=O)c1c[nH]ccc1=O. The molecule has 5 heteroatoms. The van der Waals surface area contributed by atoms with E-state index in [-0.39, 0.29) is 16.9 Å². The number of aromatic amines is 1. The molecule has 0 spiro atoms. The molecular weight excluding hydrogens is 272 g/mol. The number of nitrogens with zero attached hydrogens (tertiary/aromatic N) is 1. The van der Waals surface area contributed by atoms with Gasteiger partial charge in [-0.1, -0.05) is 22.9 Å². The van der Waals surface area contributed by atoms with Crippen molar-refractivity contribution in [2.75, 3.05) is 13.6 Å². The molecule has 0 saturated carbocycles. The van der Waals surface area contributed by atoms with Crippen LogP contribution in [0, 0.1) is 0 Å². The third kappa shape index (κ3) is 3.48. The Morgan fingerprint density at radius 2 is 2.31 bits per heavy atom. The Kier molecular flexibility index (Phi) is 4.73. The summed E-state index contributed by atoms with van der Waals surface area (Å²) in [7, 11) is 1.70. The lowest BCUT2D eigenvalue weighted by atomic mass is 10.2. The number of hydrogen-bond donors (Lipinski definition) is 1. The molecule has 0 aliphatic heterocycles. The molecular formula is C11H15BrN2O2. The minimum Gasteiger partial charge on any atom is -0.367 e. The number of rotatable bonds is 4. The molecule has 4 nitrogen and oxygen atoms in total. The first-order valence-electron chi connectivity index (χ1n) is 5.09. The fourth-order valence-corrected chi connectivity index (χ4v) is 1.47. The Balaban J connectivity index is 2.71. The van der Waals surface area contributed by atoms with E-state index in [0.717, 1.165) is 6.42 Å². The molecule has 0 aromatic carbocycles. The zero-order chi connectivity index (χ0) is 12.1. The first kappa shape index (κ1) is 13.0. The fraction of sp³-hybridized carbons (Fsp3) is 0.455. The summed E-state index contributed by atoms with van der Waals surface area (Å²) in [5.41, 5.74) is -0.0604. The van der Waals surface area contributed by atoms with Gasteiger partial charge in [0.25, 0.3) is 5.91 Å². The summed E-state index contributed by atoms with van der Waals surface area (Å²) in [5, 5.41) is 0. The van der Waals surface area contributed by atoms with Crippen LogP contribution in [0.3, 0.4) is 0 Å². The van der Waals surface area contributed by atoms with Gasteiger partial charge < -0.3 is 9.88 Å². The Morgan fingerprint density at radius 1 is 1.62 bits per heavy atom. The molecule has 1 atom stereocenters. The van der Waals surface area contributed by atoms with Crippen molar-refractivity contribution < 1.29 is 4.79 Å². The van der Waals surface area contributed by atoms with Crippen molar-refractivity contribution in [3.05, 3.63) is 34.2 Å². The lowest BCUT2D eigenvalue weighted by Crippen LogP contribution is -2.32. The Morgan fingerprint density at radius 3 is 2.88 bits per heavy atom. The van der Waals surface area contributed by atoms with Crippen LogP contribution in [-0.4, -0.2) is 34.2 Å². The number of hydrogen-bond acceptors (Lipinski definition) is 2. The highest BCUT2D eigenvalue weighted by molar-refractivity contribution is 9.09. The Bertz CT molecular complexity index is 414. The maximum Gasteiger partial charge on any atom is 0.259 e. The van der Waals surface area contributed by atoms with E-state index in [9.17, 15) is 9.59 Å². The van der Waals surface area contributed by atoms with Crippen LogP contribution in [0.5, 0.6) is 0 Å². The molecule has 0 saturated heterocycles. The van der Waals surface area contributed by atoms with E-state index in [4.69, 9.17) is 0 Å². The third-order valence-electron chi connectivity index (χ3n) is 2.26. The molecule has 1 rings (SSSR count). The maximum absolute atomic E-state index is 11.9. The Hall–Kier alpha value is -1.10. The van der Waals surface area contributed by atoms with Crippen molar-refractivity contribution in [3.8, 4) is 0 Å². The normalized spacial score (nSPS) is 12.2. The van der Waals surface area contributed by atoms with Gasteiger partial charge in [0.2, 0.25) is 0 Å². The van der Waals surface area contributed by atoms with Crippen molar-refractivity contribution in [1.82, 2.24) is 9.88 Å². The molecule has 0 aliphatic carbocycles. The standard InChI is InChI=1S/C11H15BrN2O2/c1-8(12)4-6-14(2)11(16)9-7-13-5-3-10(9)15/h3,5,7-8H,4,6H2,1-2H3,(H,13,15). The predicted molar refractivity (Wildman–Crippen MR) is 67.0 cm³/mol. The van der Waals surface area contributed by atoms with Gasteiger partial charge in [0.15, 0.2) is 5.43 Å². The minimum absolute atomic E-state index is 0.187. The molecule has 0 fully saturated rings. The predicted octanol–water partition coefficient (Wildman–Crippen LogP) is 1.62. The summed E-state index contributed by atoms with van der Waals surface area (Å²) in [6.07, 6.45) is 3.81. The van der Waals surface area contributed by atoms with E-state index in [0.29, 0.717) is 11.4 Å². The van der Waals surface area contributed by atoms with Gasteiger partial charge in [-0.05, 0) is 6.42 Å². The van der Waals surface area contributed by atoms with E-state index >= 15 is 0 Å². The number of pyridine rings is 1.